The SMILES string of the molecule is Nc1cc(N)c(B(O)O)cn1. The lowest BCUT2D eigenvalue weighted by Gasteiger charge is -2.02. The molecule has 5 nitrogen and oxygen atoms in total. The minimum absolute atomic E-state index is 0.166. The van der Waals surface area contributed by atoms with Crippen molar-refractivity contribution >= 4 is 24.1 Å². The summed E-state index contributed by atoms with van der Waals surface area (Å²) < 4.78 is 0. The zero-order valence-corrected chi connectivity index (χ0v) is 5.73. The Kier molecular flexibility index (Phi) is 1.97. The first kappa shape index (κ1) is 7.84. The second-order valence-corrected chi connectivity index (χ2v) is 2.11. The molecule has 1 rings (SSSR count). The minimum Gasteiger partial charge on any atom is -0.423 e. The molecule has 0 aromatic carbocycles. The molecule has 0 aliphatic rings. The number of nitrogen functional groups attached to an aromatic ring is 2. The summed E-state index contributed by atoms with van der Waals surface area (Å²) in [4.78, 5) is 3.64. The first-order valence-electron chi connectivity index (χ1n) is 2.98. The molecule has 0 radical (unpaired) electrons. The average molecular weight is 153 g/mol. The Balaban J connectivity index is 3.09. The molecule has 0 atom stereocenters. The van der Waals surface area contributed by atoms with Crippen molar-refractivity contribution in [1.82, 2.24) is 4.98 Å². The van der Waals surface area contributed by atoms with E-state index in [-0.39, 0.29) is 17.0 Å². The zero-order valence-electron chi connectivity index (χ0n) is 5.73. The van der Waals surface area contributed by atoms with Gasteiger partial charge >= 0.3 is 7.12 Å². The van der Waals surface area contributed by atoms with Gasteiger partial charge in [-0.1, -0.05) is 0 Å². The predicted octanol–water partition coefficient (Wildman–Crippen LogP) is -2.07. The maximum Gasteiger partial charge on any atom is 0.492 e. The third-order valence-electron chi connectivity index (χ3n) is 1.27. The van der Waals surface area contributed by atoms with Crippen molar-refractivity contribution in [3.05, 3.63) is 12.3 Å². The van der Waals surface area contributed by atoms with E-state index in [4.69, 9.17) is 21.5 Å². The van der Waals surface area contributed by atoms with Gasteiger partial charge in [-0.15, -0.1) is 0 Å². The molecule has 0 amide bonds. The number of hydrogen-bond donors (Lipinski definition) is 4. The molecule has 0 aliphatic carbocycles. The van der Waals surface area contributed by atoms with Crippen LogP contribution in [0.5, 0.6) is 0 Å². The summed E-state index contributed by atoms with van der Waals surface area (Å²) in [6.07, 6.45) is 1.23. The average Bonchev–Trinajstić information content (AvgIpc) is 1.85. The van der Waals surface area contributed by atoms with Gasteiger partial charge in [-0.25, -0.2) is 4.98 Å². The monoisotopic (exact) mass is 153 g/mol. The van der Waals surface area contributed by atoms with Crippen molar-refractivity contribution in [3.8, 4) is 0 Å². The van der Waals surface area contributed by atoms with Gasteiger partial charge in [-0.3, -0.25) is 0 Å². The lowest BCUT2D eigenvalue weighted by atomic mass is 9.80. The van der Waals surface area contributed by atoms with Gasteiger partial charge in [-0.2, -0.15) is 0 Å². The molecular formula is C5H8BN3O2. The standard InChI is InChI=1S/C5H8BN3O2/c7-4-1-5(8)9-2-3(4)6(10)11/h1-2,10-11H,(H4,7,8,9). The van der Waals surface area contributed by atoms with Crippen LogP contribution in [0.1, 0.15) is 0 Å². The Morgan fingerprint density at radius 2 is 2.00 bits per heavy atom. The summed E-state index contributed by atoms with van der Waals surface area (Å²) in [5.41, 5.74) is 11.1. The van der Waals surface area contributed by atoms with Crippen molar-refractivity contribution in [2.75, 3.05) is 11.5 Å². The maximum absolute atomic E-state index is 8.69. The summed E-state index contributed by atoms with van der Waals surface area (Å²) in [6.45, 7) is 0. The van der Waals surface area contributed by atoms with E-state index in [1.807, 2.05) is 0 Å². The molecule has 1 aromatic rings. The molecule has 11 heavy (non-hydrogen) atoms. The summed E-state index contributed by atoms with van der Waals surface area (Å²) in [7, 11) is -1.59. The van der Waals surface area contributed by atoms with E-state index in [1.165, 1.54) is 12.3 Å². The molecule has 6 N–H and O–H groups in total. The van der Waals surface area contributed by atoms with E-state index in [2.05, 4.69) is 4.98 Å². The number of nitrogens with zero attached hydrogens (tertiary/aromatic N) is 1. The lowest BCUT2D eigenvalue weighted by Crippen LogP contribution is -2.32. The molecule has 0 unspecified atom stereocenters. The van der Waals surface area contributed by atoms with Crippen LogP contribution in [0, 0.1) is 0 Å². The molecule has 1 aromatic heterocycles. The number of nitrogens with two attached hydrogens (primary N) is 2. The summed E-state index contributed by atoms with van der Waals surface area (Å²) in [5, 5.41) is 17.4. The van der Waals surface area contributed by atoms with Crippen LogP contribution in [0.3, 0.4) is 0 Å². The van der Waals surface area contributed by atoms with Crippen LogP contribution < -0.4 is 16.9 Å². The van der Waals surface area contributed by atoms with Crippen LogP contribution in [0.4, 0.5) is 11.5 Å². The first-order valence-corrected chi connectivity index (χ1v) is 2.98. The smallest absolute Gasteiger partial charge is 0.423 e. The first-order chi connectivity index (χ1) is 5.11. The largest absolute Gasteiger partial charge is 0.492 e. The molecule has 58 valence electrons. The Morgan fingerprint density at radius 3 is 2.45 bits per heavy atom. The molecule has 0 spiro atoms. The quantitative estimate of drug-likeness (QED) is 0.346. The van der Waals surface area contributed by atoms with E-state index in [9.17, 15) is 0 Å². The van der Waals surface area contributed by atoms with Crippen molar-refractivity contribution in [3.63, 3.8) is 0 Å². The Labute approximate surface area is 63.8 Å². The molecule has 0 saturated carbocycles. The van der Waals surface area contributed by atoms with Gasteiger partial charge in [0.1, 0.15) is 5.82 Å². The number of pyridine rings is 1. The summed E-state index contributed by atoms with van der Waals surface area (Å²) in [5.74, 6) is 0.256. The molecule has 0 bridgehead atoms. The van der Waals surface area contributed by atoms with Crippen LogP contribution in [-0.4, -0.2) is 22.2 Å². The Bertz CT molecular complexity index is 266. The van der Waals surface area contributed by atoms with Gasteiger partial charge in [-0.05, 0) is 0 Å². The van der Waals surface area contributed by atoms with Crippen LogP contribution in [0.25, 0.3) is 0 Å². The topological polar surface area (TPSA) is 105 Å². The second kappa shape index (κ2) is 2.77. The van der Waals surface area contributed by atoms with Crippen LogP contribution in [0.2, 0.25) is 0 Å². The highest BCUT2D eigenvalue weighted by atomic mass is 16.4. The maximum atomic E-state index is 8.69. The highest BCUT2D eigenvalue weighted by molar-refractivity contribution is 6.60. The van der Waals surface area contributed by atoms with E-state index in [1.54, 1.807) is 0 Å². The summed E-state index contributed by atoms with van der Waals surface area (Å²) in [6, 6.07) is 1.37. The normalized spacial score (nSPS) is 9.64. The summed E-state index contributed by atoms with van der Waals surface area (Å²) >= 11 is 0. The molecule has 0 aliphatic heterocycles. The van der Waals surface area contributed by atoms with Crippen molar-refractivity contribution < 1.29 is 10.0 Å². The number of rotatable bonds is 1. The van der Waals surface area contributed by atoms with Crippen molar-refractivity contribution in [2.24, 2.45) is 0 Å². The van der Waals surface area contributed by atoms with Gasteiger partial charge in [0.15, 0.2) is 0 Å². The Morgan fingerprint density at radius 1 is 1.36 bits per heavy atom. The van der Waals surface area contributed by atoms with Crippen molar-refractivity contribution in [2.45, 2.75) is 0 Å². The Hall–Kier alpha value is -1.27. The van der Waals surface area contributed by atoms with Crippen molar-refractivity contribution in [1.29, 1.82) is 0 Å². The molecular weight excluding hydrogens is 145 g/mol. The number of hydrogen-bond acceptors (Lipinski definition) is 5. The number of anilines is 2. The van der Waals surface area contributed by atoms with E-state index in [0.29, 0.717) is 0 Å². The van der Waals surface area contributed by atoms with E-state index < -0.39 is 7.12 Å². The molecule has 1 heterocycles. The van der Waals surface area contributed by atoms with Gasteiger partial charge in [0.05, 0.1) is 0 Å². The third kappa shape index (κ3) is 1.60. The van der Waals surface area contributed by atoms with E-state index in [0.717, 1.165) is 0 Å². The van der Waals surface area contributed by atoms with Gasteiger partial charge in [0.2, 0.25) is 0 Å². The molecule has 0 saturated heterocycles. The van der Waals surface area contributed by atoms with Gasteiger partial charge in [0, 0.05) is 23.4 Å². The minimum atomic E-state index is -1.59. The fourth-order valence-electron chi connectivity index (χ4n) is 0.714. The highest BCUT2D eigenvalue weighted by Gasteiger charge is 2.14. The van der Waals surface area contributed by atoms with Crippen LogP contribution in [0.15, 0.2) is 12.3 Å². The zero-order chi connectivity index (χ0) is 8.43. The second-order valence-electron chi connectivity index (χ2n) is 2.11. The predicted molar refractivity (Wildman–Crippen MR) is 42.9 cm³/mol. The third-order valence-corrected chi connectivity index (χ3v) is 1.27. The van der Waals surface area contributed by atoms with Gasteiger partial charge in [0.25, 0.3) is 0 Å². The fraction of sp³-hybridized carbons (Fsp3) is 0. The highest BCUT2D eigenvalue weighted by Crippen LogP contribution is 2.01. The molecule has 0 fully saturated rings. The fourth-order valence-corrected chi connectivity index (χ4v) is 0.714. The lowest BCUT2D eigenvalue weighted by molar-refractivity contribution is 0.426. The van der Waals surface area contributed by atoms with E-state index >= 15 is 0 Å². The molecule has 6 heteroatoms. The number of aromatic nitrogens is 1. The van der Waals surface area contributed by atoms with Crippen LogP contribution in [-0.2, 0) is 0 Å². The van der Waals surface area contributed by atoms with Crippen LogP contribution >= 0.6 is 0 Å². The van der Waals surface area contributed by atoms with Gasteiger partial charge < -0.3 is 21.5 Å².